The number of hydrogen-bond acceptors (Lipinski definition) is 5. The maximum absolute atomic E-state index is 12.1. The molecule has 0 aromatic carbocycles. The molecule has 1 aliphatic heterocycles. The monoisotopic (exact) mass is 275 g/mol. The van der Waals surface area contributed by atoms with E-state index >= 15 is 0 Å². The molecule has 1 aromatic rings. The van der Waals surface area contributed by atoms with Crippen LogP contribution < -0.4 is 0 Å². The molecule has 0 saturated carbocycles. The molecule has 17 heavy (non-hydrogen) atoms. The summed E-state index contributed by atoms with van der Waals surface area (Å²) in [7, 11) is 0. The highest BCUT2D eigenvalue weighted by Gasteiger charge is 2.30. The molecular formula is C10H14ClN3O2S. The van der Waals surface area contributed by atoms with Gasteiger partial charge in [-0.05, 0) is 37.3 Å². The van der Waals surface area contributed by atoms with Gasteiger partial charge in [-0.3, -0.25) is 4.79 Å². The fourth-order valence-corrected chi connectivity index (χ4v) is 2.93. The van der Waals surface area contributed by atoms with E-state index in [2.05, 4.69) is 10.2 Å². The highest BCUT2D eigenvalue weighted by molar-refractivity contribution is 7.17. The molecule has 2 heterocycles. The summed E-state index contributed by atoms with van der Waals surface area (Å²) in [5.74, 6) is -0.0881. The average Bonchev–Trinajstić information content (AvgIpc) is 2.94. The van der Waals surface area contributed by atoms with Crippen LogP contribution >= 0.6 is 22.9 Å². The first-order valence-electron chi connectivity index (χ1n) is 5.63. The Morgan fingerprint density at radius 2 is 2.41 bits per heavy atom. The summed E-state index contributed by atoms with van der Waals surface area (Å²) in [6.07, 6.45) is 3.58. The molecule has 5 nitrogen and oxygen atoms in total. The number of rotatable bonds is 4. The van der Waals surface area contributed by atoms with Gasteiger partial charge in [-0.1, -0.05) is 11.3 Å². The molecule has 1 saturated heterocycles. The largest absolute Gasteiger partial charge is 0.396 e. The Morgan fingerprint density at radius 1 is 1.59 bits per heavy atom. The molecule has 1 unspecified atom stereocenters. The van der Waals surface area contributed by atoms with Crippen molar-refractivity contribution in [1.82, 2.24) is 15.1 Å². The number of aliphatic hydroxyl groups excluding tert-OH is 1. The van der Waals surface area contributed by atoms with Crippen molar-refractivity contribution in [1.29, 1.82) is 0 Å². The first-order chi connectivity index (χ1) is 8.22. The molecule has 1 aliphatic rings. The Labute approximate surface area is 108 Å². The lowest BCUT2D eigenvalue weighted by molar-refractivity contribution is 0.0723. The number of likely N-dealkylation sites (tertiary alicyclic amines) is 1. The highest BCUT2D eigenvalue weighted by Crippen LogP contribution is 2.25. The van der Waals surface area contributed by atoms with Crippen LogP contribution in [0.2, 0.25) is 4.47 Å². The standard InChI is InChI=1S/C10H14ClN3O2S/c11-10-13-12-8(17-10)9(16)14-5-1-3-7(14)4-2-6-15/h7,15H,1-6H2. The van der Waals surface area contributed by atoms with Gasteiger partial charge in [0.1, 0.15) is 0 Å². The van der Waals surface area contributed by atoms with Crippen LogP contribution in [0.1, 0.15) is 35.5 Å². The Kier molecular flexibility index (Phi) is 4.31. The summed E-state index contributed by atoms with van der Waals surface area (Å²) in [5, 5.41) is 16.6. The van der Waals surface area contributed by atoms with Crippen molar-refractivity contribution in [2.45, 2.75) is 31.7 Å². The highest BCUT2D eigenvalue weighted by atomic mass is 35.5. The van der Waals surface area contributed by atoms with Crippen LogP contribution in [0, 0.1) is 0 Å². The Morgan fingerprint density at radius 3 is 3.06 bits per heavy atom. The van der Waals surface area contributed by atoms with Crippen LogP contribution in [-0.4, -0.2) is 45.3 Å². The number of hydrogen-bond donors (Lipinski definition) is 1. The van der Waals surface area contributed by atoms with E-state index in [0.29, 0.717) is 9.47 Å². The van der Waals surface area contributed by atoms with E-state index in [9.17, 15) is 4.79 Å². The molecular weight excluding hydrogens is 262 g/mol. The summed E-state index contributed by atoms with van der Waals surface area (Å²) in [6, 6.07) is 0.220. The van der Waals surface area contributed by atoms with Gasteiger partial charge < -0.3 is 10.0 Å². The minimum atomic E-state index is -0.0881. The molecule has 1 fully saturated rings. The normalized spacial score (nSPS) is 19.9. The second kappa shape index (κ2) is 5.75. The minimum Gasteiger partial charge on any atom is -0.396 e. The van der Waals surface area contributed by atoms with Gasteiger partial charge in [0.15, 0.2) is 0 Å². The van der Waals surface area contributed by atoms with Crippen molar-refractivity contribution in [3.8, 4) is 0 Å². The SMILES string of the molecule is O=C(c1nnc(Cl)s1)N1CCCC1CCCO. The molecule has 1 aromatic heterocycles. The summed E-state index contributed by atoms with van der Waals surface area (Å²) in [6.45, 7) is 0.926. The minimum absolute atomic E-state index is 0.0881. The van der Waals surface area contributed by atoms with Crippen LogP contribution in [-0.2, 0) is 0 Å². The van der Waals surface area contributed by atoms with E-state index in [1.54, 1.807) is 0 Å². The fraction of sp³-hybridized carbons (Fsp3) is 0.700. The van der Waals surface area contributed by atoms with Gasteiger partial charge in [-0.15, -0.1) is 10.2 Å². The third-order valence-corrected chi connectivity index (χ3v) is 3.92. The zero-order chi connectivity index (χ0) is 12.3. The van der Waals surface area contributed by atoms with Crippen LogP contribution in [0.5, 0.6) is 0 Å². The van der Waals surface area contributed by atoms with Crippen LogP contribution in [0.15, 0.2) is 0 Å². The van der Waals surface area contributed by atoms with Gasteiger partial charge in [-0.25, -0.2) is 0 Å². The van der Waals surface area contributed by atoms with E-state index in [-0.39, 0.29) is 18.6 Å². The average molecular weight is 276 g/mol. The molecule has 1 N–H and O–H groups in total. The molecule has 94 valence electrons. The smallest absolute Gasteiger partial charge is 0.285 e. The summed E-state index contributed by atoms with van der Waals surface area (Å²) < 4.78 is 0.291. The van der Waals surface area contributed by atoms with Crippen LogP contribution in [0.4, 0.5) is 0 Å². The van der Waals surface area contributed by atoms with E-state index in [1.807, 2.05) is 4.90 Å². The van der Waals surface area contributed by atoms with Gasteiger partial charge in [0.2, 0.25) is 9.47 Å². The zero-order valence-electron chi connectivity index (χ0n) is 9.30. The van der Waals surface area contributed by atoms with Gasteiger partial charge in [0.25, 0.3) is 5.91 Å². The third kappa shape index (κ3) is 2.94. The Hall–Kier alpha value is -0.720. The number of nitrogens with zero attached hydrogens (tertiary/aromatic N) is 3. The quantitative estimate of drug-likeness (QED) is 0.906. The van der Waals surface area contributed by atoms with Crippen molar-refractivity contribution in [3.05, 3.63) is 9.47 Å². The molecule has 2 rings (SSSR count). The first-order valence-corrected chi connectivity index (χ1v) is 6.82. The summed E-state index contributed by atoms with van der Waals surface area (Å²) in [5.41, 5.74) is 0. The lowest BCUT2D eigenvalue weighted by atomic mass is 10.1. The molecule has 1 amide bonds. The number of halogens is 1. The molecule has 7 heteroatoms. The van der Waals surface area contributed by atoms with Crippen molar-refractivity contribution in [2.24, 2.45) is 0 Å². The zero-order valence-corrected chi connectivity index (χ0v) is 10.9. The summed E-state index contributed by atoms with van der Waals surface area (Å²) in [4.78, 5) is 14.0. The van der Waals surface area contributed by atoms with E-state index in [4.69, 9.17) is 16.7 Å². The van der Waals surface area contributed by atoms with Gasteiger partial charge >= 0.3 is 0 Å². The Bertz CT molecular complexity index is 399. The fourth-order valence-electron chi connectivity index (χ4n) is 2.14. The molecule has 0 spiro atoms. The molecule has 0 aliphatic carbocycles. The lowest BCUT2D eigenvalue weighted by Crippen LogP contribution is -2.35. The number of amides is 1. The predicted octanol–water partition coefficient (Wildman–Crippen LogP) is 1.57. The van der Waals surface area contributed by atoms with E-state index in [1.165, 1.54) is 0 Å². The van der Waals surface area contributed by atoms with E-state index in [0.717, 1.165) is 43.6 Å². The molecule has 1 atom stereocenters. The lowest BCUT2D eigenvalue weighted by Gasteiger charge is -2.23. The topological polar surface area (TPSA) is 66.3 Å². The maximum Gasteiger partial charge on any atom is 0.285 e. The molecule has 0 bridgehead atoms. The maximum atomic E-state index is 12.1. The van der Waals surface area contributed by atoms with Gasteiger partial charge in [0, 0.05) is 19.2 Å². The predicted molar refractivity (Wildman–Crippen MR) is 65.3 cm³/mol. The van der Waals surface area contributed by atoms with Crippen molar-refractivity contribution in [2.75, 3.05) is 13.2 Å². The van der Waals surface area contributed by atoms with Gasteiger partial charge in [-0.2, -0.15) is 0 Å². The van der Waals surface area contributed by atoms with Crippen LogP contribution in [0.3, 0.4) is 0 Å². The number of aromatic nitrogens is 2. The van der Waals surface area contributed by atoms with Crippen molar-refractivity contribution < 1.29 is 9.90 Å². The second-order valence-corrected chi connectivity index (χ2v) is 5.58. The second-order valence-electron chi connectivity index (χ2n) is 4.02. The van der Waals surface area contributed by atoms with E-state index < -0.39 is 0 Å². The van der Waals surface area contributed by atoms with Crippen molar-refractivity contribution >= 4 is 28.8 Å². The van der Waals surface area contributed by atoms with Crippen molar-refractivity contribution in [3.63, 3.8) is 0 Å². The van der Waals surface area contributed by atoms with Crippen LogP contribution in [0.25, 0.3) is 0 Å². The number of carbonyl (C=O) groups excluding carboxylic acids is 1. The summed E-state index contributed by atoms with van der Waals surface area (Å²) >= 11 is 6.78. The van der Waals surface area contributed by atoms with Gasteiger partial charge in [0.05, 0.1) is 0 Å². The number of carbonyl (C=O) groups is 1. The number of aliphatic hydroxyl groups is 1. The molecule has 0 radical (unpaired) electrons. The third-order valence-electron chi connectivity index (χ3n) is 2.92. The first kappa shape index (κ1) is 12.7. The Balaban J connectivity index is 2.03.